The molecular weight excluding hydrogens is 220 g/mol. The lowest BCUT2D eigenvalue weighted by molar-refractivity contribution is -0.147. The normalized spacial score (nSPS) is 34.3. The monoisotopic (exact) mass is 242 g/mol. The van der Waals surface area contributed by atoms with Gasteiger partial charge in [-0.2, -0.15) is 0 Å². The van der Waals surface area contributed by atoms with Gasteiger partial charge in [0.2, 0.25) is 0 Å². The molecule has 5 nitrogen and oxygen atoms in total. The molecule has 1 heterocycles. The van der Waals surface area contributed by atoms with Crippen LogP contribution in [0.1, 0.15) is 25.7 Å². The molecule has 98 valence electrons. The Hall–Kier alpha value is -0.650. The van der Waals surface area contributed by atoms with E-state index in [4.69, 9.17) is 15.2 Å². The molecule has 3 N–H and O–H groups in total. The molecule has 3 unspecified atom stereocenters. The van der Waals surface area contributed by atoms with E-state index in [0.29, 0.717) is 32.3 Å². The van der Waals surface area contributed by atoms with Crippen LogP contribution in [0, 0.1) is 5.92 Å². The Bertz CT molecular complexity index is 254. The number of nitrogens with one attached hydrogen (secondary N) is 1. The van der Waals surface area contributed by atoms with Crippen LogP contribution in [0.25, 0.3) is 0 Å². The second-order valence-corrected chi connectivity index (χ2v) is 4.89. The van der Waals surface area contributed by atoms with Crippen LogP contribution >= 0.6 is 0 Å². The molecule has 0 aromatic rings. The van der Waals surface area contributed by atoms with E-state index in [1.165, 1.54) is 12.8 Å². The third kappa shape index (κ3) is 3.66. The highest BCUT2D eigenvalue weighted by Crippen LogP contribution is 2.22. The molecule has 1 aliphatic heterocycles. The highest BCUT2D eigenvalue weighted by molar-refractivity contribution is 5.80. The number of hydrogen-bond donors (Lipinski definition) is 2. The van der Waals surface area contributed by atoms with Crippen molar-refractivity contribution in [2.24, 2.45) is 11.7 Å². The van der Waals surface area contributed by atoms with Crippen LogP contribution in [-0.4, -0.2) is 44.4 Å². The third-order valence-electron chi connectivity index (χ3n) is 3.61. The van der Waals surface area contributed by atoms with Crippen molar-refractivity contribution in [2.75, 3.05) is 26.4 Å². The maximum absolute atomic E-state index is 11.8. The molecule has 0 aromatic carbocycles. The highest BCUT2D eigenvalue weighted by atomic mass is 16.6. The van der Waals surface area contributed by atoms with Crippen LogP contribution in [0.15, 0.2) is 0 Å². The molecule has 1 saturated carbocycles. The van der Waals surface area contributed by atoms with Gasteiger partial charge in [0, 0.05) is 12.6 Å². The Morgan fingerprint density at radius 1 is 1.29 bits per heavy atom. The molecule has 2 fully saturated rings. The van der Waals surface area contributed by atoms with Gasteiger partial charge >= 0.3 is 0 Å². The molecule has 2 aliphatic rings. The van der Waals surface area contributed by atoms with Crippen molar-refractivity contribution in [3.8, 4) is 0 Å². The van der Waals surface area contributed by atoms with Gasteiger partial charge in [0.1, 0.15) is 0 Å². The highest BCUT2D eigenvalue weighted by Gasteiger charge is 2.26. The summed E-state index contributed by atoms with van der Waals surface area (Å²) in [7, 11) is 0. The van der Waals surface area contributed by atoms with Gasteiger partial charge in [0.15, 0.2) is 6.10 Å². The summed E-state index contributed by atoms with van der Waals surface area (Å²) < 4.78 is 10.5. The van der Waals surface area contributed by atoms with Crippen molar-refractivity contribution in [3.63, 3.8) is 0 Å². The van der Waals surface area contributed by atoms with Crippen LogP contribution in [-0.2, 0) is 14.3 Å². The van der Waals surface area contributed by atoms with Gasteiger partial charge in [-0.25, -0.2) is 0 Å². The fourth-order valence-electron chi connectivity index (χ4n) is 2.47. The van der Waals surface area contributed by atoms with Crippen molar-refractivity contribution >= 4 is 5.91 Å². The van der Waals surface area contributed by atoms with E-state index in [9.17, 15) is 4.79 Å². The Labute approximate surface area is 102 Å². The molecule has 0 spiro atoms. The summed E-state index contributed by atoms with van der Waals surface area (Å²) in [5.41, 5.74) is 6.04. The first-order chi connectivity index (χ1) is 8.27. The van der Waals surface area contributed by atoms with E-state index in [2.05, 4.69) is 5.32 Å². The van der Waals surface area contributed by atoms with Crippen molar-refractivity contribution in [3.05, 3.63) is 0 Å². The van der Waals surface area contributed by atoms with Gasteiger partial charge in [-0.15, -0.1) is 0 Å². The lowest BCUT2D eigenvalue weighted by Crippen LogP contribution is -2.47. The van der Waals surface area contributed by atoms with Crippen molar-refractivity contribution < 1.29 is 14.3 Å². The number of carbonyl (C=O) groups excluding carboxylic acids is 1. The smallest absolute Gasteiger partial charge is 0.251 e. The van der Waals surface area contributed by atoms with Crippen LogP contribution < -0.4 is 11.1 Å². The lowest BCUT2D eigenvalue weighted by Gasteiger charge is -2.29. The molecule has 2 rings (SSSR count). The average molecular weight is 242 g/mol. The number of carbonyl (C=O) groups is 1. The summed E-state index contributed by atoms with van der Waals surface area (Å²) >= 11 is 0. The molecule has 3 atom stereocenters. The predicted octanol–water partition coefficient (Wildman–Crippen LogP) is 0.0355. The molecule has 1 amide bonds. The zero-order valence-corrected chi connectivity index (χ0v) is 10.2. The summed E-state index contributed by atoms with van der Waals surface area (Å²) in [6.45, 7) is 2.11. The van der Waals surface area contributed by atoms with E-state index in [1.54, 1.807) is 0 Å². The van der Waals surface area contributed by atoms with E-state index < -0.39 is 6.10 Å². The zero-order valence-electron chi connectivity index (χ0n) is 10.2. The minimum atomic E-state index is -0.441. The summed E-state index contributed by atoms with van der Waals surface area (Å²) in [5, 5.41) is 2.93. The molecule has 1 saturated heterocycles. The topological polar surface area (TPSA) is 73.6 Å². The summed E-state index contributed by atoms with van der Waals surface area (Å²) in [6, 6.07) is 0.229. The van der Waals surface area contributed by atoms with Gasteiger partial charge in [0.25, 0.3) is 5.91 Å². The Morgan fingerprint density at radius 3 is 2.82 bits per heavy atom. The minimum absolute atomic E-state index is 0.0672. The predicted molar refractivity (Wildman–Crippen MR) is 63.5 cm³/mol. The second-order valence-electron chi connectivity index (χ2n) is 4.89. The SMILES string of the molecule is NC1CCCCC1CNC(=O)C1COCCO1. The van der Waals surface area contributed by atoms with E-state index in [0.717, 1.165) is 12.8 Å². The molecule has 17 heavy (non-hydrogen) atoms. The second kappa shape index (κ2) is 6.33. The molecule has 5 heteroatoms. The van der Waals surface area contributed by atoms with Crippen LogP contribution in [0.5, 0.6) is 0 Å². The lowest BCUT2D eigenvalue weighted by atomic mass is 9.85. The quantitative estimate of drug-likeness (QED) is 0.732. The first-order valence-corrected chi connectivity index (χ1v) is 6.50. The van der Waals surface area contributed by atoms with E-state index in [1.807, 2.05) is 0 Å². The maximum atomic E-state index is 11.8. The number of amides is 1. The first-order valence-electron chi connectivity index (χ1n) is 6.50. The molecule has 0 aromatic heterocycles. The Balaban J connectivity index is 1.71. The fraction of sp³-hybridized carbons (Fsp3) is 0.917. The maximum Gasteiger partial charge on any atom is 0.251 e. The van der Waals surface area contributed by atoms with E-state index in [-0.39, 0.29) is 11.9 Å². The van der Waals surface area contributed by atoms with Crippen molar-refractivity contribution in [2.45, 2.75) is 37.8 Å². The number of hydrogen-bond acceptors (Lipinski definition) is 4. The van der Waals surface area contributed by atoms with Crippen molar-refractivity contribution in [1.29, 1.82) is 0 Å². The largest absolute Gasteiger partial charge is 0.376 e. The van der Waals surface area contributed by atoms with Gasteiger partial charge in [-0.3, -0.25) is 4.79 Å². The summed E-state index contributed by atoms with van der Waals surface area (Å²) in [4.78, 5) is 11.8. The fourth-order valence-corrected chi connectivity index (χ4v) is 2.47. The van der Waals surface area contributed by atoms with Crippen LogP contribution in [0.4, 0.5) is 0 Å². The molecule has 0 bridgehead atoms. The Morgan fingerprint density at radius 2 is 2.12 bits per heavy atom. The standard InChI is InChI=1S/C12H22N2O3/c13-10-4-2-1-3-9(10)7-14-12(15)11-8-16-5-6-17-11/h9-11H,1-8,13H2,(H,14,15). The minimum Gasteiger partial charge on any atom is -0.376 e. The number of ether oxygens (including phenoxy) is 2. The first kappa shape index (κ1) is 12.8. The summed E-state index contributed by atoms with van der Waals surface area (Å²) in [5.74, 6) is 0.347. The average Bonchev–Trinajstić information content (AvgIpc) is 2.38. The zero-order chi connectivity index (χ0) is 12.1. The molecular formula is C12H22N2O3. The van der Waals surface area contributed by atoms with Gasteiger partial charge in [-0.1, -0.05) is 12.8 Å². The number of rotatable bonds is 3. The molecule has 0 radical (unpaired) electrons. The van der Waals surface area contributed by atoms with Gasteiger partial charge in [-0.05, 0) is 18.8 Å². The van der Waals surface area contributed by atoms with Gasteiger partial charge < -0.3 is 20.5 Å². The number of nitrogens with two attached hydrogens (primary N) is 1. The Kier molecular flexibility index (Phi) is 4.76. The summed E-state index contributed by atoms with van der Waals surface area (Å²) in [6.07, 6.45) is 4.18. The van der Waals surface area contributed by atoms with Crippen LogP contribution in [0.3, 0.4) is 0 Å². The van der Waals surface area contributed by atoms with Crippen LogP contribution in [0.2, 0.25) is 0 Å². The van der Waals surface area contributed by atoms with Crippen molar-refractivity contribution in [1.82, 2.24) is 5.32 Å². The van der Waals surface area contributed by atoms with Gasteiger partial charge in [0.05, 0.1) is 19.8 Å². The molecule has 1 aliphatic carbocycles. The van der Waals surface area contributed by atoms with E-state index >= 15 is 0 Å². The third-order valence-corrected chi connectivity index (χ3v) is 3.61.